The first kappa shape index (κ1) is 17.2. The SMILES string of the molecule is CNC(=O)C1CCN(c2ccc(S(C)(=O)=O)cc2[N+](=O)[O-])CC1. The van der Waals surface area contributed by atoms with E-state index < -0.39 is 14.8 Å². The smallest absolute Gasteiger partial charge is 0.293 e. The Hall–Kier alpha value is -2.16. The molecule has 0 radical (unpaired) electrons. The van der Waals surface area contributed by atoms with Crippen molar-refractivity contribution in [2.45, 2.75) is 17.7 Å². The maximum Gasteiger partial charge on any atom is 0.293 e. The molecule has 1 aliphatic rings. The van der Waals surface area contributed by atoms with Crippen LogP contribution < -0.4 is 10.2 Å². The molecule has 8 nitrogen and oxygen atoms in total. The number of hydrogen-bond donors (Lipinski definition) is 1. The fourth-order valence-corrected chi connectivity index (χ4v) is 3.38. The highest BCUT2D eigenvalue weighted by Crippen LogP contribution is 2.33. The molecule has 1 aromatic rings. The molecule has 1 fully saturated rings. The van der Waals surface area contributed by atoms with Crippen molar-refractivity contribution < 1.29 is 18.1 Å². The van der Waals surface area contributed by atoms with Gasteiger partial charge in [-0.25, -0.2) is 8.42 Å². The largest absolute Gasteiger partial charge is 0.366 e. The molecule has 1 saturated heterocycles. The topological polar surface area (TPSA) is 110 Å². The van der Waals surface area contributed by atoms with E-state index in [9.17, 15) is 23.3 Å². The number of nitrogens with zero attached hydrogens (tertiary/aromatic N) is 2. The minimum Gasteiger partial charge on any atom is -0.366 e. The van der Waals surface area contributed by atoms with Gasteiger partial charge in [0, 0.05) is 38.4 Å². The van der Waals surface area contributed by atoms with E-state index in [1.165, 1.54) is 12.1 Å². The van der Waals surface area contributed by atoms with Crippen molar-refractivity contribution in [3.8, 4) is 0 Å². The van der Waals surface area contributed by atoms with Gasteiger partial charge in [-0.1, -0.05) is 0 Å². The fraction of sp³-hybridized carbons (Fsp3) is 0.500. The van der Waals surface area contributed by atoms with Crippen LogP contribution >= 0.6 is 0 Å². The molecule has 0 saturated carbocycles. The average Bonchev–Trinajstić information content (AvgIpc) is 2.52. The maximum absolute atomic E-state index is 11.6. The lowest BCUT2D eigenvalue weighted by Crippen LogP contribution is -2.39. The van der Waals surface area contributed by atoms with Gasteiger partial charge < -0.3 is 10.2 Å². The predicted molar refractivity (Wildman–Crippen MR) is 85.2 cm³/mol. The molecule has 0 unspecified atom stereocenters. The Bertz CT molecular complexity index is 724. The van der Waals surface area contributed by atoms with Crippen molar-refractivity contribution >= 4 is 27.1 Å². The van der Waals surface area contributed by atoms with Crippen LogP contribution in [0.15, 0.2) is 23.1 Å². The summed E-state index contributed by atoms with van der Waals surface area (Å²) >= 11 is 0. The van der Waals surface area contributed by atoms with Crippen molar-refractivity contribution in [1.29, 1.82) is 0 Å². The van der Waals surface area contributed by atoms with Crippen LogP contribution in [0.5, 0.6) is 0 Å². The van der Waals surface area contributed by atoms with Gasteiger partial charge in [0.15, 0.2) is 9.84 Å². The maximum atomic E-state index is 11.6. The van der Waals surface area contributed by atoms with Gasteiger partial charge in [0.1, 0.15) is 5.69 Å². The van der Waals surface area contributed by atoms with Crippen molar-refractivity contribution in [2.24, 2.45) is 5.92 Å². The average molecular weight is 341 g/mol. The first-order chi connectivity index (χ1) is 10.7. The van der Waals surface area contributed by atoms with Crippen LogP contribution in [0.3, 0.4) is 0 Å². The van der Waals surface area contributed by atoms with Crippen LogP contribution in [0, 0.1) is 16.0 Å². The van der Waals surface area contributed by atoms with Gasteiger partial charge in [-0.2, -0.15) is 0 Å². The van der Waals surface area contributed by atoms with Crippen LogP contribution in [0.2, 0.25) is 0 Å². The number of benzene rings is 1. The van der Waals surface area contributed by atoms with E-state index in [-0.39, 0.29) is 22.4 Å². The Morgan fingerprint density at radius 2 is 1.96 bits per heavy atom. The molecule has 0 aromatic heterocycles. The van der Waals surface area contributed by atoms with Crippen molar-refractivity contribution in [3.63, 3.8) is 0 Å². The Labute approximate surface area is 134 Å². The number of anilines is 1. The number of nitro groups is 1. The van der Waals surface area contributed by atoms with Crippen molar-refractivity contribution in [2.75, 3.05) is 31.3 Å². The molecule has 0 spiro atoms. The molecule has 23 heavy (non-hydrogen) atoms. The van der Waals surface area contributed by atoms with E-state index in [0.29, 0.717) is 31.6 Å². The monoisotopic (exact) mass is 341 g/mol. The molecular weight excluding hydrogens is 322 g/mol. The summed E-state index contributed by atoms with van der Waals surface area (Å²) in [5.41, 5.74) is 0.157. The van der Waals surface area contributed by atoms with E-state index in [1.807, 2.05) is 4.90 Å². The molecule has 0 atom stereocenters. The fourth-order valence-electron chi connectivity index (χ4n) is 2.73. The Balaban J connectivity index is 2.27. The first-order valence-electron chi connectivity index (χ1n) is 7.19. The van der Waals surface area contributed by atoms with Crippen LogP contribution in [-0.4, -0.2) is 45.6 Å². The normalized spacial score (nSPS) is 16.2. The number of carbonyl (C=O) groups is 1. The van der Waals surface area contributed by atoms with E-state index >= 15 is 0 Å². The molecule has 0 bridgehead atoms. The number of sulfone groups is 1. The van der Waals surface area contributed by atoms with E-state index in [4.69, 9.17) is 0 Å². The van der Waals surface area contributed by atoms with Gasteiger partial charge in [-0.3, -0.25) is 14.9 Å². The summed E-state index contributed by atoms with van der Waals surface area (Å²) in [6.07, 6.45) is 2.22. The molecule has 126 valence electrons. The molecule has 1 aliphatic heterocycles. The molecule has 9 heteroatoms. The quantitative estimate of drug-likeness (QED) is 0.645. The Morgan fingerprint density at radius 1 is 1.35 bits per heavy atom. The molecule has 2 rings (SSSR count). The summed E-state index contributed by atoms with van der Waals surface area (Å²) in [7, 11) is -1.92. The summed E-state index contributed by atoms with van der Waals surface area (Å²) in [5, 5.41) is 13.9. The third-order valence-electron chi connectivity index (χ3n) is 4.02. The number of nitrogens with one attached hydrogen (secondary N) is 1. The second-order valence-electron chi connectivity index (χ2n) is 5.56. The van der Waals surface area contributed by atoms with Crippen LogP contribution in [-0.2, 0) is 14.6 Å². The van der Waals surface area contributed by atoms with Crippen LogP contribution in [0.25, 0.3) is 0 Å². The highest BCUT2D eigenvalue weighted by molar-refractivity contribution is 7.90. The minimum absolute atomic E-state index is 0.0217. The van der Waals surface area contributed by atoms with Crippen LogP contribution in [0.4, 0.5) is 11.4 Å². The molecular formula is C14H19N3O5S. The third-order valence-corrected chi connectivity index (χ3v) is 5.13. The number of rotatable bonds is 4. The molecule has 1 amide bonds. The lowest BCUT2D eigenvalue weighted by Gasteiger charge is -2.32. The van der Waals surface area contributed by atoms with Crippen LogP contribution in [0.1, 0.15) is 12.8 Å². The number of nitro benzene ring substituents is 1. The van der Waals surface area contributed by atoms with E-state index in [2.05, 4.69) is 5.32 Å². The highest BCUT2D eigenvalue weighted by Gasteiger charge is 2.28. The second-order valence-corrected chi connectivity index (χ2v) is 7.57. The van der Waals surface area contributed by atoms with Gasteiger partial charge >= 0.3 is 0 Å². The summed E-state index contributed by atoms with van der Waals surface area (Å²) < 4.78 is 23.1. The van der Waals surface area contributed by atoms with Gasteiger partial charge in [-0.05, 0) is 25.0 Å². The lowest BCUT2D eigenvalue weighted by atomic mass is 9.95. The Morgan fingerprint density at radius 3 is 2.43 bits per heavy atom. The van der Waals surface area contributed by atoms with Gasteiger partial charge in [-0.15, -0.1) is 0 Å². The summed E-state index contributed by atoms with van der Waals surface area (Å²) in [5.74, 6) is -0.114. The molecule has 1 N–H and O–H groups in total. The molecule has 1 heterocycles. The summed E-state index contributed by atoms with van der Waals surface area (Å²) in [4.78, 5) is 24.1. The Kier molecular flexibility index (Phi) is 4.88. The molecule has 0 aliphatic carbocycles. The first-order valence-corrected chi connectivity index (χ1v) is 9.08. The third kappa shape index (κ3) is 3.79. The van der Waals surface area contributed by atoms with Gasteiger partial charge in [0.25, 0.3) is 5.69 Å². The lowest BCUT2D eigenvalue weighted by molar-refractivity contribution is -0.384. The van der Waals surface area contributed by atoms with E-state index in [0.717, 1.165) is 12.3 Å². The van der Waals surface area contributed by atoms with Crippen molar-refractivity contribution in [1.82, 2.24) is 5.32 Å². The predicted octanol–water partition coefficient (Wildman–Crippen LogP) is 0.961. The van der Waals surface area contributed by atoms with Gasteiger partial charge in [0.2, 0.25) is 5.91 Å². The zero-order valence-electron chi connectivity index (χ0n) is 13.0. The number of carbonyl (C=O) groups excluding carboxylic acids is 1. The number of piperidine rings is 1. The van der Waals surface area contributed by atoms with E-state index in [1.54, 1.807) is 7.05 Å². The zero-order chi connectivity index (χ0) is 17.2. The summed E-state index contributed by atoms with van der Waals surface area (Å²) in [6, 6.07) is 3.94. The standard InChI is InChI=1S/C14H19N3O5S/c1-15-14(18)10-5-7-16(8-6-10)12-4-3-11(23(2,21)22)9-13(12)17(19)20/h3-4,9-10H,5-8H2,1-2H3,(H,15,18). The zero-order valence-corrected chi connectivity index (χ0v) is 13.8. The summed E-state index contributed by atoms with van der Waals surface area (Å²) in [6.45, 7) is 1.02. The number of amides is 1. The van der Waals surface area contributed by atoms with Crippen molar-refractivity contribution in [3.05, 3.63) is 28.3 Å². The second kappa shape index (κ2) is 6.53. The molecule has 1 aromatic carbocycles. The highest BCUT2D eigenvalue weighted by atomic mass is 32.2. The minimum atomic E-state index is -3.51. The van der Waals surface area contributed by atoms with Gasteiger partial charge in [0.05, 0.1) is 9.82 Å². The number of hydrogen-bond acceptors (Lipinski definition) is 6.